The van der Waals surface area contributed by atoms with Crippen LogP contribution in [0.4, 0.5) is 31.4 Å². The molecule has 0 aliphatic carbocycles. The predicted molar refractivity (Wildman–Crippen MR) is 119 cm³/mol. The van der Waals surface area contributed by atoms with Crippen molar-refractivity contribution in [2.24, 2.45) is 4.99 Å². The molecule has 3 aromatic carbocycles. The molecule has 3 aromatic rings. The largest absolute Gasteiger partial charge is 0.347 e. The Morgan fingerprint density at radius 1 is 0.742 bits per heavy atom. The monoisotopic (exact) mass is 413 g/mol. The minimum Gasteiger partial charge on any atom is -0.307 e. The molecule has 2 N–H and O–H groups in total. The maximum atomic E-state index is 13.1. The highest BCUT2D eigenvalue weighted by Gasteiger charge is 2.39. The molecule has 0 saturated carbocycles. The first-order chi connectivity index (χ1) is 15.1. The highest BCUT2D eigenvalue weighted by Crippen LogP contribution is 2.23. The van der Waals surface area contributed by atoms with Gasteiger partial charge in [0.1, 0.15) is 5.84 Å². The lowest BCUT2D eigenvalue weighted by Crippen LogP contribution is -2.39. The maximum absolute atomic E-state index is 13.1. The first kappa shape index (κ1) is 19.8. The number of para-hydroxylation sites is 3. The van der Waals surface area contributed by atoms with Crippen molar-refractivity contribution in [1.82, 2.24) is 4.90 Å². The lowest BCUT2D eigenvalue weighted by molar-refractivity contribution is 0.209. The molecular weight excluding hydrogens is 394 g/mol. The summed E-state index contributed by atoms with van der Waals surface area (Å²) in [5.41, 5.74) is 1.64. The Kier molecular flexibility index (Phi) is 5.70. The molecule has 1 heterocycles. The molecule has 0 spiro atoms. The number of nitrogens with one attached hydrogen (secondary N) is 2. The van der Waals surface area contributed by atoms with Gasteiger partial charge >= 0.3 is 18.1 Å². The smallest absolute Gasteiger partial charge is 0.307 e. The average Bonchev–Trinajstić information content (AvgIpc) is 3.11. The summed E-state index contributed by atoms with van der Waals surface area (Å²) in [4.78, 5) is 44.6. The van der Waals surface area contributed by atoms with Gasteiger partial charge in [-0.25, -0.2) is 24.2 Å². The standard InChI is InChI=1S/C23H19N5O3/c29-21(24-17-10-4-1-5-11-17)26-20-16-27(22(30)25-18-12-6-2-7-13-18)23(31)28(20)19-14-8-3-9-15-19/h1-15H,16H2,(H,24,29)(H,25,30)/b26-20+. The van der Waals surface area contributed by atoms with Gasteiger partial charge in [0.05, 0.1) is 12.2 Å². The van der Waals surface area contributed by atoms with Crippen LogP contribution in [0, 0.1) is 0 Å². The third kappa shape index (κ3) is 4.59. The molecule has 1 fully saturated rings. The number of amidine groups is 1. The van der Waals surface area contributed by atoms with E-state index >= 15 is 0 Å². The van der Waals surface area contributed by atoms with Gasteiger partial charge < -0.3 is 10.6 Å². The van der Waals surface area contributed by atoms with Gasteiger partial charge in [0, 0.05) is 11.4 Å². The quantitative estimate of drug-likeness (QED) is 0.646. The number of carbonyl (C=O) groups is 3. The van der Waals surface area contributed by atoms with E-state index in [4.69, 9.17) is 0 Å². The number of urea groups is 3. The molecule has 8 heteroatoms. The van der Waals surface area contributed by atoms with Gasteiger partial charge in [0.15, 0.2) is 0 Å². The van der Waals surface area contributed by atoms with E-state index < -0.39 is 18.1 Å². The molecule has 1 saturated heterocycles. The number of anilines is 3. The molecule has 0 bridgehead atoms. The van der Waals surface area contributed by atoms with E-state index in [-0.39, 0.29) is 12.4 Å². The van der Waals surface area contributed by atoms with Gasteiger partial charge in [-0.05, 0) is 36.4 Å². The van der Waals surface area contributed by atoms with Crippen LogP contribution < -0.4 is 15.5 Å². The Morgan fingerprint density at radius 2 is 1.26 bits per heavy atom. The third-order valence-corrected chi connectivity index (χ3v) is 4.52. The summed E-state index contributed by atoms with van der Waals surface area (Å²) in [6.45, 7) is -0.144. The van der Waals surface area contributed by atoms with Crippen LogP contribution in [-0.4, -0.2) is 35.4 Å². The van der Waals surface area contributed by atoms with Crippen molar-refractivity contribution in [2.45, 2.75) is 0 Å². The minimum absolute atomic E-state index is 0.144. The van der Waals surface area contributed by atoms with Crippen LogP contribution in [0.15, 0.2) is 96.0 Å². The molecule has 154 valence electrons. The second kappa shape index (κ2) is 8.91. The van der Waals surface area contributed by atoms with E-state index in [1.165, 1.54) is 4.90 Å². The second-order valence-electron chi connectivity index (χ2n) is 6.66. The van der Waals surface area contributed by atoms with E-state index in [2.05, 4.69) is 15.6 Å². The van der Waals surface area contributed by atoms with E-state index in [0.29, 0.717) is 17.1 Å². The number of rotatable bonds is 3. The van der Waals surface area contributed by atoms with Crippen LogP contribution in [0.5, 0.6) is 0 Å². The van der Waals surface area contributed by atoms with Crippen LogP contribution in [0.25, 0.3) is 0 Å². The fourth-order valence-electron chi connectivity index (χ4n) is 3.09. The van der Waals surface area contributed by atoms with Crippen LogP contribution in [0.3, 0.4) is 0 Å². The van der Waals surface area contributed by atoms with Gasteiger partial charge in [-0.1, -0.05) is 54.6 Å². The number of benzene rings is 3. The highest BCUT2D eigenvalue weighted by molar-refractivity contribution is 6.28. The summed E-state index contributed by atoms with van der Waals surface area (Å²) in [7, 11) is 0. The van der Waals surface area contributed by atoms with Gasteiger partial charge in [-0.15, -0.1) is 0 Å². The zero-order chi connectivity index (χ0) is 21.6. The van der Waals surface area contributed by atoms with Gasteiger partial charge in [0.25, 0.3) is 0 Å². The second-order valence-corrected chi connectivity index (χ2v) is 6.66. The molecule has 1 aliphatic heterocycles. The Bertz CT molecular complexity index is 1120. The van der Waals surface area contributed by atoms with E-state index in [0.717, 1.165) is 4.90 Å². The summed E-state index contributed by atoms with van der Waals surface area (Å²) in [5.74, 6) is 0.146. The van der Waals surface area contributed by atoms with Crippen LogP contribution >= 0.6 is 0 Å². The average molecular weight is 413 g/mol. The number of carbonyl (C=O) groups excluding carboxylic acids is 3. The molecule has 31 heavy (non-hydrogen) atoms. The highest BCUT2D eigenvalue weighted by atomic mass is 16.2. The molecule has 0 aromatic heterocycles. The predicted octanol–water partition coefficient (Wildman–Crippen LogP) is 4.79. The third-order valence-electron chi connectivity index (χ3n) is 4.52. The van der Waals surface area contributed by atoms with Gasteiger partial charge in [-0.2, -0.15) is 4.99 Å². The Balaban J connectivity index is 1.60. The molecular formula is C23H19N5O3. The van der Waals surface area contributed by atoms with Crippen molar-refractivity contribution < 1.29 is 14.4 Å². The first-order valence-corrected chi connectivity index (χ1v) is 9.58. The first-order valence-electron chi connectivity index (χ1n) is 9.58. The molecule has 4 rings (SSSR count). The number of aliphatic imine (C=N–C) groups is 1. The van der Waals surface area contributed by atoms with Gasteiger partial charge in [-0.3, -0.25) is 0 Å². The summed E-state index contributed by atoms with van der Waals surface area (Å²) < 4.78 is 0. The fraction of sp³-hybridized carbons (Fsp3) is 0.0435. The minimum atomic E-state index is -0.639. The Morgan fingerprint density at radius 3 is 1.84 bits per heavy atom. The normalized spacial score (nSPS) is 14.6. The van der Waals surface area contributed by atoms with Crippen molar-refractivity contribution in [1.29, 1.82) is 0 Å². The zero-order valence-corrected chi connectivity index (χ0v) is 16.4. The summed E-state index contributed by atoms with van der Waals surface area (Å²) in [6, 6.07) is 24.6. The molecule has 1 aliphatic rings. The van der Waals surface area contributed by atoms with Crippen molar-refractivity contribution >= 4 is 41.0 Å². The van der Waals surface area contributed by atoms with Crippen molar-refractivity contribution in [3.8, 4) is 0 Å². The molecule has 0 atom stereocenters. The van der Waals surface area contributed by atoms with Crippen LogP contribution in [0.1, 0.15) is 0 Å². The van der Waals surface area contributed by atoms with Gasteiger partial charge in [0.2, 0.25) is 0 Å². The Labute approximate surface area is 178 Å². The summed E-state index contributed by atoms with van der Waals surface area (Å²) >= 11 is 0. The molecule has 0 radical (unpaired) electrons. The van der Waals surface area contributed by atoms with Crippen molar-refractivity contribution in [2.75, 3.05) is 22.1 Å². The van der Waals surface area contributed by atoms with E-state index in [9.17, 15) is 14.4 Å². The Hall–Kier alpha value is -4.46. The summed E-state index contributed by atoms with van der Waals surface area (Å²) in [5, 5.41) is 5.34. The summed E-state index contributed by atoms with van der Waals surface area (Å²) in [6.07, 6.45) is 0. The SMILES string of the molecule is O=C(/N=C1\CN(C(=O)Nc2ccccc2)C(=O)N1c1ccccc1)Nc1ccccc1. The number of nitrogens with zero attached hydrogens (tertiary/aromatic N) is 3. The van der Waals surface area contributed by atoms with Crippen molar-refractivity contribution in [3.63, 3.8) is 0 Å². The lowest BCUT2D eigenvalue weighted by atomic mass is 10.3. The van der Waals surface area contributed by atoms with E-state index in [1.807, 2.05) is 18.2 Å². The fourth-order valence-corrected chi connectivity index (χ4v) is 3.09. The number of imide groups is 1. The topological polar surface area (TPSA) is 94.1 Å². The van der Waals surface area contributed by atoms with E-state index in [1.54, 1.807) is 72.8 Å². The number of amides is 6. The van der Waals surface area contributed by atoms with Crippen molar-refractivity contribution in [3.05, 3.63) is 91.0 Å². The van der Waals surface area contributed by atoms with Crippen LogP contribution in [0.2, 0.25) is 0 Å². The van der Waals surface area contributed by atoms with Crippen LogP contribution in [-0.2, 0) is 0 Å². The zero-order valence-electron chi connectivity index (χ0n) is 16.4. The molecule has 6 amide bonds. The number of hydrogen-bond donors (Lipinski definition) is 2. The molecule has 8 nitrogen and oxygen atoms in total. The lowest BCUT2D eigenvalue weighted by Gasteiger charge is -2.17. The number of hydrogen-bond acceptors (Lipinski definition) is 3. The molecule has 0 unspecified atom stereocenters. The maximum Gasteiger partial charge on any atom is 0.347 e.